The van der Waals surface area contributed by atoms with E-state index in [-0.39, 0.29) is 11.8 Å². The number of carbonyl (C=O) groups is 2. The quantitative estimate of drug-likeness (QED) is 0.689. The van der Waals surface area contributed by atoms with Gasteiger partial charge < -0.3 is 15.5 Å². The Balaban J connectivity index is 1.12. The van der Waals surface area contributed by atoms with E-state index in [0.717, 1.165) is 43.8 Å². The summed E-state index contributed by atoms with van der Waals surface area (Å²) in [5, 5.41) is 6.32. The molecule has 0 aromatic carbocycles. The zero-order chi connectivity index (χ0) is 23.3. The highest BCUT2D eigenvalue weighted by molar-refractivity contribution is 5.95. The molecule has 7 nitrogen and oxygen atoms in total. The number of pyridine rings is 1. The van der Waals surface area contributed by atoms with Crippen LogP contribution in [0.2, 0.25) is 0 Å². The number of rotatable bonds is 6. The predicted molar refractivity (Wildman–Crippen MR) is 131 cm³/mol. The highest BCUT2D eigenvalue weighted by Crippen LogP contribution is 2.59. The first-order chi connectivity index (χ1) is 16.5. The first-order valence-corrected chi connectivity index (χ1v) is 13.2. The molecule has 7 rings (SSSR count). The van der Waals surface area contributed by atoms with Crippen LogP contribution in [0.4, 0.5) is 0 Å². The van der Waals surface area contributed by atoms with Gasteiger partial charge in [0.1, 0.15) is 17.0 Å². The van der Waals surface area contributed by atoms with Gasteiger partial charge in [-0.25, -0.2) is 4.98 Å². The molecule has 2 amide bonds. The van der Waals surface area contributed by atoms with Gasteiger partial charge >= 0.3 is 0 Å². The Labute approximate surface area is 201 Å². The highest BCUT2D eigenvalue weighted by Gasteiger charge is 2.50. The van der Waals surface area contributed by atoms with Gasteiger partial charge in [0.05, 0.1) is 0 Å². The van der Waals surface area contributed by atoms with E-state index in [9.17, 15) is 9.59 Å². The van der Waals surface area contributed by atoms with Crippen molar-refractivity contribution in [1.29, 1.82) is 0 Å². The first kappa shape index (κ1) is 22.1. The van der Waals surface area contributed by atoms with Crippen molar-refractivity contribution in [2.24, 2.45) is 29.1 Å². The summed E-state index contributed by atoms with van der Waals surface area (Å²) in [6, 6.07) is 5.52. The molecule has 2 N–H and O–H groups in total. The Morgan fingerprint density at radius 3 is 2.50 bits per heavy atom. The first-order valence-electron chi connectivity index (χ1n) is 13.2. The molecule has 1 aliphatic heterocycles. The Bertz CT molecular complexity index is 1060. The summed E-state index contributed by atoms with van der Waals surface area (Å²) < 4.78 is 1.76. The number of fused-ring (bicyclic) bond motifs is 1. The minimum absolute atomic E-state index is 0.0732. The second kappa shape index (κ2) is 8.67. The molecule has 4 aliphatic carbocycles. The Morgan fingerprint density at radius 1 is 1.06 bits per heavy atom. The molecule has 5 fully saturated rings. The van der Waals surface area contributed by atoms with Gasteiger partial charge in [-0.15, -0.1) is 0 Å². The van der Waals surface area contributed by atoms with E-state index in [2.05, 4.69) is 27.6 Å². The van der Waals surface area contributed by atoms with Crippen LogP contribution in [0.3, 0.4) is 0 Å². The fourth-order valence-electron chi connectivity index (χ4n) is 7.94. The molecule has 4 saturated carbocycles. The van der Waals surface area contributed by atoms with Crippen LogP contribution in [0.15, 0.2) is 24.4 Å². The smallest absolute Gasteiger partial charge is 0.271 e. The molecular formula is C27H37N5O2. The van der Waals surface area contributed by atoms with Crippen LogP contribution in [0.1, 0.15) is 72.3 Å². The summed E-state index contributed by atoms with van der Waals surface area (Å²) in [6.07, 6.45) is 12.1. The maximum Gasteiger partial charge on any atom is 0.271 e. The van der Waals surface area contributed by atoms with Gasteiger partial charge in [0, 0.05) is 25.8 Å². The average molecular weight is 464 g/mol. The summed E-state index contributed by atoms with van der Waals surface area (Å²) in [4.78, 5) is 32.9. The van der Waals surface area contributed by atoms with Gasteiger partial charge in [-0.3, -0.25) is 14.0 Å². The maximum absolute atomic E-state index is 13.2. The van der Waals surface area contributed by atoms with E-state index in [1.54, 1.807) is 10.6 Å². The van der Waals surface area contributed by atoms with E-state index in [4.69, 9.17) is 0 Å². The van der Waals surface area contributed by atoms with Gasteiger partial charge in [-0.05, 0) is 106 Å². The zero-order valence-electron chi connectivity index (χ0n) is 20.3. The van der Waals surface area contributed by atoms with Crippen molar-refractivity contribution < 1.29 is 9.59 Å². The molecule has 2 aromatic heterocycles. The summed E-state index contributed by atoms with van der Waals surface area (Å²) in [5.74, 6) is 2.85. The number of nitrogens with zero attached hydrogens (tertiary/aromatic N) is 3. The van der Waals surface area contributed by atoms with Crippen molar-refractivity contribution in [1.82, 2.24) is 24.9 Å². The molecule has 0 radical (unpaired) electrons. The summed E-state index contributed by atoms with van der Waals surface area (Å²) in [7, 11) is 2.13. The minimum atomic E-state index is -0.170. The van der Waals surface area contributed by atoms with Crippen molar-refractivity contribution in [3.05, 3.63) is 35.8 Å². The number of aromatic nitrogens is 2. The van der Waals surface area contributed by atoms with Crippen LogP contribution in [-0.4, -0.2) is 59.3 Å². The van der Waals surface area contributed by atoms with Gasteiger partial charge in [0.2, 0.25) is 0 Å². The molecule has 2 aromatic rings. The molecule has 1 atom stereocenters. The number of likely N-dealkylation sites (tertiary alicyclic amines) is 1. The van der Waals surface area contributed by atoms with Crippen molar-refractivity contribution in [2.45, 2.75) is 51.4 Å². The summed E-state index contributed by atoms with van der Waals surface area (Å²) in [6.45, 7) is 3.57. The number of piperidine rings is 1. The van der Waals surface area contributed by atoms with Crippen molar-refractivity contribution >= 4 is 17.5 Å². The number of amides is 2. The lowest BCUT2D eigenvalue weighted by atomic mass is 9.49. The third kappa shape index (κ3) is 4.23. The standard InChI is InChI=1S/C27H37N5O2/c1-31-7-3-4-18(15-31)14-28-25(33)22-16-32-23(5-2-6-24(32)30-22)26(34)29-17-27-11-19-8-20(12-27)10-21(9-19)13-27/h2,5-6,16,18-21H,3-4,7-15,17H2,1H3,(H,28,33)(H,29,34). The molecule has 0 spiro atoms. The third-order valence-electron chi connectivity index (χ3n) is 9.02. The van der Waals surface area contributed by atoms with E-state index < -0.39 is 0 Å². The molecule has 182 valence electrons. The number of imidazole rings is 1. The fraction of sp³-hybridized carbons (Fsp3) is 0.667. The van der Waals surface area contributed by atoms with Crippen LogP contribution < -0.4 is 10.6 Å². The Hall–Kier alpha value is -2.41. The molecule has 34 heavy (non-hydrogen) atoms. The van der Waals surface area contributed by atoms with Crippen molar-refractivity contribution in [2.75, 3.05) is 33.2 Å². The van der Waals surface area contributed by atoms with Crippen LogP contribution in [-0.2, 0) is 0 Å². The normalized spacial score (nSPS) is 32.7. The van der Waals surface area contributed by atoms with E-state index in [1.165, 1.54) is 44.9 Å². The van der Waals surface area contributed by atoms with Gasteiger partial charge in [0.25, 0.3) is 11.8 Å². The van der Waals surface area contributed by atoms with Gasteiger partial charge in [-0.1, -0.05) is 6.07 Å². The number of carbonyl (C=O) groups excluding carboxylic acids is 2. The van der Waals surface area contributed by atoms with Crippen molar-refractivity contribution in [3.8, 4) is 0 Å². The highest BCUT2D eigenvalue weighted by atomic mass is 16.2. The lowest BCUT2D eigenvalue weighted by Crippen LogP contribution is -2.51. The lowest BCUT2D eigenvalue weighted by Gasteiger charge is -2.56. The average Bonchev–Trinajstić information content (AvgIpc) is 3.25. The van der Waals surface area contributed by atoms with Crippen LogP contribution >= 0.6 is 0 Å². The van der Waals surface area contributed by atoms with Gasteiger partial charge in [-0.2, -0.15) is 0 Å². The topological polar surface area (TPSA) is 78.7 Å². The second-order valence-electron chi connectivity index (χ2n) is 11.8. The second-order valence-corrected chi connectivity index (χ2v) is 11.8. The third-order valence-corrected chi connectivity index (χ3v) is 9.02. The van der Waals surface area contributed by atoms with Crippen LogP contribution in [0, 0.1) is 29.1 Å². The van der Waals surface area contributed by atoms with Crippen LogP contribution in [0.25, 0.3) is 5.65 Å². The Morgan fingerprint density at radius 2 is 1.79 bits per heavy atom. The minimum Gasteiger partial charge on any atom is -0.350 e. The van der Waals surface area contributed by atoms with Crippen LogP contribution in [0.5, 0.6) is 0 Å². The fourth-order valence-corrected chi connectivity index (χ4v) is 7.94. The monoisotopic (exact) mass is 463 g/mol. The summed E-state index contributed by atoms with van der Waals surface area (Å²) >= 11 is 0. The van der Waals surface area contributed by atoms with E-state index in [0.29, 0.717) is 34.9 Å². The molecule has 1 saturated heterocycles. The van der Waals surface area contributed by atoms with Crippen molar-refractivity contribution in [3.63, 3.8) is 0 Å². The summed E-state index contributed by atoms with van der Waals surface area (Å²) in [5.41, 5.74) is 1.84. The molecule has 5 aliphatic rings. The molecule has 4 bridgehead atoms. The van der Waals surface area contributed by atoms with E-state index >= 15 is 0 Å². The number of hydrogen-bond acceptors (Lipinski definition) is 4. The van der Waals surface area contributed by atoms with Gasteiger partial charge in [0.15, 0.2) is 0 Å². The van der Waals surface area contributed by atoms with E-state index in [1.807, 2.05) is 18.2 Å². The Kier molecular flexibility index (Phi) is 5.63. The molecular weight excluding hydrogens is 426 g/mol. The number of hydrogen-bond donors (Lipinski definition) is 2. The predicted octanol–water partition coefficient (Wildman–Crippen LogP) is 3.35. The molecule has 1 unspecified atom stereocenters. The number of nitrogens with one attached hydrogen (secondary N) is 2. The largest absolute Gasteiger partial charge is 0.350 e. The molecule has 7 heteroatoms. The lowest BCUT2D eigenvalue weighted by molar-refractivity contribution is -0.0503. The maximum atomic E-state index is 13.2. The SMILES string of the molecule is CN1CCCC(CNC(=O)c2cn3c(C(=O)NCC45CC6CC(CC(C6)C4)C5)cccc3n2)C1. The molecule has 3 heterocycles. The zero-order valence-corrected chi connectivity index (χ0v) is 20.3.